The molecule has 3 heterocycles. The molecule has 0 atom stereocenters. The summed E-state index contributed by atoms with van der Waals surface area (Å²) in [6, 6.07) is 9.75. The van der Waals surface area contributed by atoms with E-state index < -0.39 is 17.2 Å². The summed E-state index contributed by atoms with van der Waals surface area (Å²) >= 11 is 0. The van der Waals surface area contributed by atoms with Gasteiger partial charge in [-0.3, -0.25) is 9.48 Å². The van der Waals surface area contributed by atoms with E-state index in [0.29, 0.717) is 48.3 Å². The molecule has 0 spiro atoms. The van der Waals surface area contributed by atoms with E-state index in [1.807, 2.05) is 20.8 Å². The SMILES string of the molecule is CC(C)(C)OC(=O)N1CCC(CC#N)(n2nc(Nc3ccc(F)cc3)c3c(=O)[nH]ccc32)CC1. The Hall–Kier alpha value is -3.87. The molecular weight excluding hydrogens is 439 g/mol. The van der Waals surface area contributed by atoms with Crippen LogP contribution in [0.15, 0.2) is 41.3 Å². The number of ether oxygens (including phenoxy) is 1. The number of rotatable bonds is 4. The van der Waals surface area contributed by atoms with Crippen molar-refractivity contribution in [2.75, 3.05) is 18.4 Å². The Morgan fingerprint density at radius 1 is 1.26 bits per heavy atom. The normalized spacial score (nSPS) is 15.7. The predicted octanol–water partition coefficient (Wildman–Crippen LogP) is 4.25. The molecule has 1 aliphatic heterocycles. The molecule has 0 saturated carbocycles. The van der Waals surface area contributed by atoms with Crippen molar-refractivity contribution in [1.29, 1.82) is 5.26 Å². The lowest BCUT2D eigenvalue weighted by atomic mass is 9.85. The molecule has 178 valence electrons. The number of hydrogen-bond acceptors (Lipinski definition) is 6. The number of anilines is 2. The fourth-order valence-electron chi connectivity index (χ4n) is 4.24. The molecule has 9 nitrogen and oxygen atoms in total. The molecule has 0 bridgehead atoms. The van der Waals surface area contributed by atoms with Gasteiger partial charge in [0.25, 0.3) is 5.56 Å². The van der Waals surface area contributed by atoms with E-state index in [-0.39, 0.29) is 17.8 Å². The Kier molecular flexibility index (Phi) is 6.04. The minimum atomic E-state index is -0.706. The average Bonchev–Trinajstić information content (AvgIpc) is 3.15. The number of pyridine rings is 1. The van der Waals surface area contributed by atoms with Crippen LogP contribution in [0.3, 0.4) is 0 Å². The van der Waals surface area contributed by atoms with Gasteiger partial charge in [-0.15, -0.1) is 0 Å². The summed E-state index contributed by atoms with van der Waals surface area (Å²) in [5.41, 5.74) is -0.480. The quantitative estimate of drug-likeness (QED) is 0.594. The Bertz CT molecular complexity index is 1290. The highest BCUT2D eigenvalue weighted by Gasteiger charge is 2.41. The van der Waals surface area contributed by atoms with Crippen LogP contribution in [-0.4, -0.2) is 44.4 Å². The fourth-order valence-corrected chi connectivity index (χ4v) is 4.24. The van der Waals surface area contributed by atoms with E-state index in [2.05, 4.69) is 16.4 Å². The highest BCUT2D eigenvalue weighted by atomic mass is 19.1. The van der Waals surface area contributed by atoms with E-state index >= 15 is 0 Å². The van der Waals surface area contributed by atoms with Gasteiger partial charge in [0.2, 0.25) is 0 Å². The number of benzene rings is 1. The lowest BCUT2D eigenvalue weighted by Crippen LogP contribution is -2.49. The van der Waals surface area contributed by atoms with Crippen LogP contribution in [0.4, 0.5) is 20.7 Å². The minimum Gasteiger partial charge on any atom is -0.444 e. The van der Waals surface area contributed by atoms with Gasteiger partial charge in [-0.1, -0.05) is 0 Å². The third-order valence-corrected chi connectivity index (χ3v) is 5.91. The predicted molar refractivity (Wildman–Crippen MR) is 125 cm³/mol. The number of carbonyl (C=O) groups is 1. The van der Waals surface area contributed by atoms with Gasteiger partial charge in [0.1, 0.15) is 16.8 Å². The van der Waals surface area contributed by atoms with Crippen molar-refractivity contribution >= 4 is 28.5 Å². The standard InChI is InChI=1S/C24H27FN6O3/c1-23(2,3)34-22(33)30-14-10-24(9-12-26,11-15-30)31-18-8-13-27-21(32)19(18)20(29-31)28-17-6-4-16(25)5-7-17/h4-8,13H,9-11,14-15H2,1-3H3,(H,27,32)(H,28,29). The van der Waals surface area contributed by atoms with Crippen molar-refractivity contribution < 1.29 is 13.9 Å². The number of amides is 1. The lowest BCUT2D eigenvalue weighted by molar-refractivity contribution is 0.0110. The molecule has 10 heteroatoms. The highest BCUT2D eigenvalue weighted by molar-refractivity contribution is 5.91. The topological polar surface area (TPSA) is 116 Å². The average molecular weight is 467 g/mol. The molecule has 34 heavy (non-hydrogen) atoms. The number of nitrogens with one attached hydrogen (secondary N) is 2. The molecule has 0 radical (unpaired) electrons. The summed E-state index contributed by atoms with van der Waals surface area (Å²) in [4.78, 5) is 29.6. The molecule has 1 fully saturated rings. The largest absolute Gasteiger partial charge is 0.444 e. The van der Waals surface area contributed by atoms with Gasteiger partial charge >= 0.3 is 6.09 Å². The van der Waals surface area contributed by atoms with E-state index in [4.69, 9.17) is 9.84 Å². The second kappa shape index (κ2) is 8.82. The summed E-state index contributed by atoms with van der Waals surface area (Å²) in [5.74, 6) is -0.0566. The van der Waals surface area contributed by atoms with Gasteiger partial charge in [0, 0.05) is 25.0 Å². The number of hydrogen-bond donors (Lipinski definition) is 2. The summed E-state index contributed by atoms with van der Waals surface area (Å²) in [6.45, 7) is 6.23. The van der Waals surface area contributed by atoms with Gasteiger partial charge in [-0.05, 0) is 63.9 Å². The van der Waals surface area contributed by atoms with Crippen LogP contribution >= 0.6 is 0 Å². The minimum absolute atomic E-state index is 0.161. The summed E-state index contributed by atoms with van der Waals surface area (Å²) in [6.07, 6.45) is 2.26. The summed E-state index contributed by atoms with van der Waals surface area (Å²) in [5, 5.41) is 17.8. The molecule has 2 N–H and O–H groups in total. The van der Waals surface area contributed by atoms with Gasteiger partial charge in [-0.25, -0.2) is 9.18 Å². The number of fused-ring (bicyclic) bond motifs is 1. The summed E-state index contributed by atoms with van der Waals surface area (Å²) in [7, 11) is 0. The number of carbonyl (C=O) groups excluding carboxylic acids is 1. The molecule has 3 aromatic rings. The first-order valence-corrected chi connectivity index (χ1v) is 11.1. The van der Waals surface area contributed by atoms with Crippen LogP contribution in [-0.2, 0) is 10.3 Å². The maximum atomic E-state index is 13.3. The first-order valence-electron chi connectivity index (χ1n) is 11.1. The zero-order chi connectivity index (χ0) is 24.5. The molecule has 4 rings (SSSR count). The maximum absolute atomic E-state index is 13.3. The Morgan fingerprint density at radius 3 is 2.56 bits per heavy atom. The van der Waals surface area contributed by atoms with E-state index in [1.54, 1.807) is 34.0 Å². The van der Waals surface area contributed by atoms with Crippen molar-refractivity contribution in [2.45, 2.75) is 51.2 Å². The van der Waals surface area contributed by atoms with Crippen LogP contribution in [0.25, 0.3) is 10.9 Å². The molecule has 0 aliphatic carbocycles. The van der Waals surface area contributed by atoms with E-state index in [1.165, 1.54) is 12.1 Å². The van der Waals surface area contributed by atoms with Crippen molar-refractivity contribution in [2.24, 2.45) is 0 Å². The number of nitrogens with zero attached hydrogens (tertiary/aromatic N) is 4. The van der Waals surface area contributed by atoms with Crippen LogP contribution < -0.4 is 10.9 Å². The third kappa shape index (κ3) is 4.59. The molecule has 1 amide bonds. The van der Waals surface area contributed by atoms with E-state index in [0.717, 1.165) is 0 Å². The number of likely N-dealkylation sites (tertiary alicyclic amines) is 1. The number of nitriles is 1. The van der Waals surface area contributed by atoms with E-state index in [9.17, 15) is 19.2 Å². The van der Waals surface area contributed by atoms with Gasteiger partial charge in [0.15, 0.2) is 5.82 Å². The second-order valence-electron chi connectivity index (χ2n) is 9.49. The van der Waals surface area contributed by atoms with Crippen LogP contribution in [0.5, 0.6) is 0 Å². The smallest absolute Gasteiger partial charge is 0.410 e. The fraction of sp³-hybridized carbons (Fsp3) is 0.417. The van der Waals surface area contributed by atoms with Gasteiger partial charge in [-0.2, -0.15) is 10.4 Å². The first kappa shape index (κ1) is 23.3. The third-order valence-electron chi connectivity index (χ3n) is 5.91. The van der Waals surface area contributed by atoms with Crippen molar-refractivity contribution in [3.8, 4) is 6.07 Å². The molecule has 1 aliphatic rings. The highest BCUT2D eigenvalue weighted by Crippen LogP contribution is 2.37. The lowest BCUT2D eigenvalue weighted by Gasteiger charge is -2.41. The summed E-state index contributed by atoms with van der Waals surface area (Å²) < 4.78 is 20.6. The number of aromatic amines is 1. The Balaban J connectivity index is 1.70. The molecule has 1 saturated heterocycles. The number of halogens is 1. The number of H-pyrrole nitrogens is 1. The van der Waals surface area contributed by atoms with Crippen LogP contribution in [0.2, 0.25) is 0 Å². The van der Waals surface area contributed by atoms with Gasteiger partial charge in [0.05, 0.1) is 23.5 Å². The molecule has 1 aromatic carbocycles. The van der Waals surface area contributed by atoms with Crippen LogP contribution in [0.1, 0.15) is 40.0 Å². The number of aromatic nitrogens is 3. The second-order valence-corrected chi connectivity index (χ2v) is 9.49. The van der Waals surface area contributed by atoms with Gasteiger partial charge < -0.3 is 19.9 Å². The van der Waals surface area contributed by atoms with Crippen molar-refractivity contribution in [3.05, 3.63) is 52.7 Å². The molecule has 2 aromatic heterocycles. The zero-order valence-corrected chi connectivity index (χ0v) is 19.4. The molecule has 0 unspecified atom stereocenters. The Labute approximate surface area is 196 Å². The first-order chi connectivity index (χ1) is 16.1. The van der Waals surface area contributed by atoms with Crippen molar-refractivity contribution in [1.82, 2.24) is 19.7 Å². The Morgan fingerprint density at radius 2 is 1.94 bits per heavy atom. The zero-order valence-electron chi connectivity index (χ0n) is 19.4. The van der Waals surface area contributed by atoms with Crippen LogP contribution in [0, 0.1) is 17.1 Å². The molecular formula is C24H27FN6O3. The monoisotopic (exact) mass is 466 g/mol. The maximum Gasteiger partial charge on any atom is 0.410 e. The van der Waals surface area contributed by atoms with Crippen molar-refractivity contribution in [3.63, 3.8) is 0 Å². The number of piperidine rings is 1.